The number of rotatable bonds is 5. The number of hydrogen-bond donors (Lipinski definition) is 4. The number of imidazole rings is 1. The average Bonchev–Trinajstić information content (AvgIpc) is 2.77. The van der Waals surface area contributed by atoms with Crippen LogP contribution in [0.3, 0.4) is 0 Å². The molecule has 4 N–H and O–H groups in total. The zero-order chi connectivity index (χ0) is 14.5. The summed E-state index contributed by atoms with van der Waals surface area (Å²) in [6.45, 7) is -1.53. The molecule has 1 rings (SSSR count). The van der Waals surface area contributed by atoms with Crippen LogP contribution in [0.5, 0.6) is 0 Å². The lowest BCUT2D eigenvalue weighted by Crippen LogP contribution is -2.49. The van der Waals surface area contributed by atoms with E-state index < -0.39 is 30.8 Å². The molecule has 1 heterocycles. The summed E-state index contributed by atoms with van der Waals surface area (Å²) in [5.74, 6) is -1.36. The number of nitrogens with zero attached hydrogens (tertiary/aromatic N) is 1. The van der Waals surface area contributed by atoms with Crippen LogP contribution in [0, 0.1) is 0 Å². The predicted molar refractivity (Wildman–Crippen MR) is 56.3 cm³/mol. The van der Waals surface area contributed by atoms with Crippen molar-refractivity contribution < 1.29 is 27.9 Å². The fourth-order valence-electron chi connectivity index (χ4n) is 1.21. The van der Waals surface area contributed by atoms with Crippen molar-refractivity contribution in [1.29, 1.82) is 0 Å². The summed E-state index contributed by atoms with van der Waals surface area (Å²) in [4.78, 5) is 28.3. The Morgan fingerprint density at radius 2 is 2.16 bits per heavy atom. The van der Waals surface area contributed by atoms with Gasteiger partial charge in [0, 0.05) is 18.3 Å². The predicted octanol–water partition coefficient (Wildman–Crippen LogP) is 0.267. The number of nitrogens with one attached hydrogen (secondary N) is 3. The molecule has 1 atom stereocenters. The minimum atomic E-state index is -4.56. The maximum absolute atomic E-state index is 11.8. The Balaban J connectivity index is 2.49. The van der Waals surface area contributed by atoms with Gasteiger partial charge in [-0.05, 0) is 0 Å². The number of aromatic nitrogens is 2. The van der Waals surface area contributed by atoms with Crippen LogP contribution < -0.4 is 10.6 Å². The third-order valence-corrected chi connectivity index (χ3v) is 2.03. The number of amides is 2. The van der Waals surface area contributed by atoms with Crippen molar-refractivity contribution in [2.24, 2.45) is 0 Å². The van der Waals surface area contributed by atoms with Crippen LogP contribution in [-0.2, 0) is 11.2 Å². The molecule has 7 nitrogen and oxygen atoms in total. The van der Waals surface area contributed by atoms with Gasteiger partial charge >= 0.3 is 18.2 Å². The highest BCUT2D eigenvalue weighted by atomic mass is 19.4. The van der Waals surface area contributed by atoms with Crippen molar-refractivity contribution >= 4 is 12.0 Å². The topological polar surface area (TPSA) is 107 Å². The Bertz CT molecular complexity index is 432. The quantitative estimate of drug-likeness (QED) is 0.620. The van der Waals surface area contributed by atoms with E-state index in [1.54, 1.807) is 0 Å². The number of alkyl halides is 3. The molecule has 19 heavy (non-hydrogen) atoms. The number of aromatic amines is 1. The van der Waals surface area contributed by atoms with Crippen LogP contribution >= 0.6 is 0 Å². The molecule has 0 aliphatic heterocycles. The molecule has 0 aliphatic rings. The van der Waals surface area contributed by atoms with Gasteiger partial charge in [-0.15, -0.1) is 0 Å². The second-order valence-electron chi connectivity index (χ2n) is 3.61. The van der Waals surface area contributed by atoms with E-state index in [-0.39, 0.29) is 6.42 Å². The molecule has 0 spiro atoms. The number of carbonyl (C=O) groups is 2. The van der Waals surface area contributed by atoms with Gasteiger partial charge in [0.25, 0.3) is 0 Å². The summed E-state index contributed by atoms with van der Waals surface area (Å²) < 4.78 is 35.5. The molecule has 1 aromatic heterocycles. The van der Waals surface area contributed by atoms with Gasteiger partial charge in [-0.25, -0.2) is 14.6 Å². The van der Waals surface area contributed by atoms with E-state index in [1.807, 2.05) is 5.32 Å². The largest absolute Gasteiger partial charge is 0.480 e. The lowest BCUT2D eigenvalue weighted by atomic mass is 10.2. The fraction of sp³-hybridized carbons (Fsp3) is 0.444. The summed E-state index contributed by atoms with van der Waals surface area (Å²) in [5, 5.41) is 12.3. The van der Waals surface area contributed by atoms with E-state index in [0.29, 0.717) is 5.69 Å². The number of halogens is 3. The maximum atomic E-state index is 11.8. The second-order valence-corrected chi connectivity index (χ2v) is 3.61. The Hall–Kier alpha value is -2.26. The number of urea groups is 1. The first-order chi connectivity index (χ1) is 8.78. The van der Waals surface area contributed by atoms with Crippen LogP contribution in [-0.4, -0.2) is 45.8 Å². The van der Waals surface area contributed by atoms with E-state index in [1.165, 1.54) is 17.8 Å². The number of aliphatic carboxylic acids is 1. The van der Waals surface area contributed by atoms with E-state index in [9.17, 15) is 22.8 Å². The van der Waals surface area contributed by atoms with Crippen molar-refractivity contribution in [3.63, 3.8) is 0 Å². The van der Waals surface area contributed by atoms with Gasteiger partial charge in [0.1, 0.15) is 12.6 Å². The highest BCUT2D eigenvalue weighted by Gasteiger charge is 2.29. The standard InChI is InChI=1S/C9H11F3N4O3/c10-9(11,12)3-14-8(19)16-6(7(17)18)1-5-2-13-4-15-5/h2,4,6H,1,3H2,(H,13,15)(H,17,18)(H2,14,16,19). The molecule has 0 fully saturated rings. The van der Waals surface area contributed by atoms with E-state index in [0.717, 1.165) is 0 Å². The minimum absolute atomic E-state index is 0.116. The van der Waals surface area contributed by atoms with Crippen molar-refractivity contribution in [2.45, 2.75) is 18.6 Å². The van der Waals surface area contributed by atoms with Gasteiger partial charge in [-0.2, -0.15) is 13.2 Å². The Morgan fingerprint density at radius 3 is 2.63 bits per heavy atom. The Morgan fingerprint density at radius 1 is 1.47 bits per heavy atom. The van der Waals surface area contributed by atoms with Gasteiger partial charge in [0.15, 0.2) is 0 Å². The average molecular weight is 280 g/mol. The van der Waals surface area contributed by atoms with Crippen molar-refractivity contribution in [2.75, 3.05) is 6.54 Å². The fourth-order valence-corrected chi connectivity index (χ4v) is 1.21. The van der Waals surface area contributed by atoms with Crippen molar-refractivity contribution in [1.82, 2.24) is 20.6 Å². The molecule has 2 amide bonds. The molecule has 10 heteroatoms. The molecule has 0 saturated carbocycles. The highest BCUT2D eigenvalue weighted by Crippen LogP contribution is 2.12. The summed E-state index contributed by atoms with van der Waals surface area (Å²) in [6, 6.07) is -2.56. The monoisotopic (exact) mass is 280 g/mol. The number of hydrogen-bond acceptors (Lipinski definition) is 3. The Kier molecular flexibility index (Phi) is 4.73. The molecule has 1 unspecified atom stereocenters. The summed E-state index contributed by atoms with van der Waals surface area (Å²) in [7, 11) is 0. The third-order valence-electron chi connectivity index (χ3n) is 2.03. The first-order valence-corrected chi connectivity index (χ1v) is 5.09. The molecule has 0 radical (unpaired) electrons. The molecule has 0 aromatic carbocycles. The summed E-state index contributed by atoms with van der Waals surface area (Å²) in [6.07, 6.45) is -2.00. The van der Waals surface area contributed by atoms with Crippen LogP contribution in [0.1, 0.15) is 5.69 Å². The molecule has 1 aromatic rings. The van der Waals surface area contributed by atoms with E-state index in [4.69, 9.17) is 5.11 Å². The number of carboxylic acids is 1. The number of H-pyrrole nitrogens is 1. The van der Waals surface area contributed by atoms with Gasteiger partial charge in [0.05, 0.1) is 6.33 Å². The van der Waals surface area contributed by atoms with Gasteiger partial charge in [0.2, 0.25) is 0 Å². The molecular formula is C9H11F3N4O3. The second kappa shape index (κ2) is 6.07. The van der Waals surface area contributed by atoms with E-state index >= 15 is 0 Å². The first kappa shape index (κ1) is 14.8. The molecular weight excluding hydrogens is 269 g/mol. The van der Waals surface area contributed by atoms with Gasteiger partial charge in [-0.1, -0.05) is 0 Å². The van der Waals surface area contributed by atoms with Crippen LogP contribution in [0.2, 0.25) is 0 Å². The van der Waals surface area contributed by atoms with Gasteiger partial charge < -0.3 is 20.7 Å². The molecule has 0 aliphatic carbocycles. The highest BCUT2D eigenvalue weighted by molar-refractivity contribution is 5.82. The zero-order valence-electron chi connectivity index (χ0n) is 9.49. The van der Waals surface area contributed by atoms with E-state index in [2.05, 4.69) is 9.97 Å². The van der Waals surface area contributed by atoms with Crippen LogP contribution in [0.25, 0.3) is 0 Å². The molecule has 0 saturated heterocycles. The third kappa shape index (κ3) is 5.75. The number of carbonyl (C=O) groups excluding carboxylic acids is 1. The zero-order valence-corrected chi connectivity index (χ0v) is 9.49. The Labute approximate surface area is 105 Å². The first-order valence-electron chi connectivity index (χ1n) is 5.09. The summed E-state index contributed by atoms with van der Waals surface area (Å²) >= 11 is 0. The SMILES string of the molecule is O=C(NCC(F)(F)F)NC(Cc1cnc[nH]1)C(=O)O. The van der Waals surface area contributed by atoms with Crippen LogP contribution in [0.4, 0.5) is 18.0 Å². The number of carboxylic acid groups (broad SMARTS) is 1. The maximum Gasteiger partial charge on any atom is 0.405 e. The summed E-state index contributed by atoms with van der Waals surface area (Å²) in [5.41, 5.74) is 0.434. The van der Waals surface area contributed by atoms with Gasteiger partial charge in [-0.3, -0.25) is 0 Å². The normalized spacial score (nSPS) is 12.8. The molecule has 106 valence electrons. The smallest absolute Gasteiger partial charge is 0.405 e. The lowest BCUT2D eigenvalue weighted by Gasteiger charge is -2.15. The van der Waals surface area contributed by atoms with Crippen molar-refractivity contribution in [3.8, 4) is 0 Å². The lowest BCUT2D eigenvalue weighted by molar-refractivity contribution is -0.139. The minimum Gasteiger partial charge on any atom is -0.480 e. The van der Waals surface area contributed by atoms with Crippen molar-refractivity contribution in [3.05, 3.63) is 18.2 Å². The van der Waals surface area contributed by atoms with Crippen LogP contribution in [0.15, 0.2) is 12.5 Å². The molecule has 0 bridgehead atoms.